The van der Waals surface area contributed by atoms with E-state index in [1.54, 1.807) is 14.2 Å². The van der Waals surface area contributed by atoms with Gasteiger partial charge in [0.05, 0.1) is 12.7 Å². The summed E-state index contributed by atoms with van der Waals surface area (Å²) in [7, 11) is 3.40. The summed E-state index contributed by atoms with van der Waals surface area (Å²) in [5.41, 5.74) is 1.31. The molecule has 1 N–H and O–H groups in total. The molecule has 3 nitrogen and oxygen atoms in total. The molecule has 2 aromatic rings. The average molecular weight is 259 g/mol. The highest BCUT2D eigenvalue weighted by Gasteiger charge is 2.06. The Kier molecular flexibility index (Phi) is 5.33. The molecule has 0 saturated heterocycles. The maximum atomic E-state index is 5.33. The standard InChI is InChI=1S/C16H21NO2/c1-18-12-15(19-2)11-17-10-14-8-5-7-13-6-3-4-9-16(13)14/h3-9,15,17H,10-12H2,1-2H3. The van der Waals surface area contributed by atoms with Gasteiger partial charge in [-0.1, -0.05) is 42.5 Å². The molecule has 2 rings (SSSR count). The molecule has 102 valence electrons. The summed E-state index contributed by atoms with van der Waals surface area (Å²) < 4.78 is 10.4. The van der Waals surface area contributed by atoms with Crippen LogP contribution in [0.15, 0.2) is 42.5 Å². The highest BCUT2D eigenvalue weighted by molar-refractivity contribution is 5.85. The Balaban J connectivity index is 1.98. The first kappa shape index (κ1) is 14.0. The molecular weight excluding hydrogens is 238 g/mol. The van der Waals surface area contributed by atoms with E-state index < -0.39 is 0 Å². The van der Waals surface area contributed by atoms with Crippen LogP contribution in [0.4, 0.5) is 0 Å². The molecule has 0 spiro atoms. The molecule has 0 heterocycles. The van der Waals surface area contributed by atoms with Crippen molar-refractivity contribution in [3.63, 3.8) is 0 Å². The van der Waals surface area contributed by atoms with E-state index in [1.165, 1.54) is 16.3 Å². The molecule has 0 amide bonds. The molecule has 0 fully saturated rings. The highest BCUT2D eigenvalue weighted by atomic mass is 16.5. The van der Waals surface area contributed by atoms with Crippen molar-refractivity contribution in [3.8, 4) is 0 Å². The molecule has 0 aromatic heterocycles. The molecule has 3 heteroatoms. The zero-order valence-electron chi connectivity index (χ0n) is 11.6. The Morgan fingerprint density at radius 2 is 1.84 bits per heavy atom. The molecule has 0 radical (unpaired) electrons. The van der Waals surface area contributed by atoms with Gasteiger partial charge in [0.2, 0.25) is 0 Å². The van der Waals surface area contributed by atoms with Crippen molar-refractivity contribution in [2.45, 2.75) is 12.6 Å². The average Bonchev–Trinajstić information content (AvgIpc) is 2.46. The maximum Gasteiger partial charge on any atom is 0.0928 e. The lowest BCUT2D eigenvalue weighted by atomic mass is 10.0. The Morgan fingerprint density at radius 3 is 2.63 bits per heavy atom. The summed E-state index contributed by atoms with van der Waals surface area (Å²) in [4.78, 5) is 0. The number of hydrogen-bond donors (Lipinski definition) is 1. The molecule has 0 aliphatic carbocycles. The van der Waals surface area contributed by atoms with Crippen LogP contribution in [0.5, 0.6) is 0 Å². The van der Waals surface area contributed by atoms with Crippen LogP contribution in [0.2, 0.25) is 0 Å². The fraction of sp³-hybridized carbons (Fsp3) is 0.375. The lowest BCUT2D eigenvalue weighted by Gasteiger charge is -2.15. The largest absolute Gasteiger partial charge is 0.382 e. The lowest BCUT2D eigenvalue weighted by molar-refractivity contribution is 0.0288. The number of rotatable bonds is 7. The Hall–Kier alpha value is -1.42. The number of benzene rings is 2. The maximum absolute atomic E-state index is 5.33. The molecular formula is C16H21NO2. The van der Waals surface area contributed by atoms with Crippen LogP contribution in [0.25, 0.3) is 10.8 Å². The third-order valence-electron chi connectivity index (χ3n) is 3.25. The van der Waals surface area contributed by atoms with E-state index >= 15 is 0 Å². The summed E-state index contributed by atoms with van der Waals surface area (Å²) in [6, 6.07) is 14.8. The Bertz CT molecular complexity index is 508. The van der Waals surface area contributed by atoms with Crippen LogP contribution in [-0.2, 0) is 16.0 Å². The van der Waals surface area contributed by atoms with Gasteiger partial charge in [0.25, 0.3) is 0 Å². The van der Waals surface area contributed by atoms with Crippen LogP contribution >= 0.6 is 0 Å². The quantitative estimate of drug-likeness (QED) is 0.829. The minimum Gasteiger partial charge on any atom is -0.382 e. The number of fused-ring (bicyclic) bond motifs is 1. The third kappa shape index (κ3) is 3.77. The monoisotopic (exact) mass is 259 g/mol. The highest BCUT2D eigenvalue weighted by Crippen LogP contribution is 2.18. The van der Waals surface area contributed by atoms with Crippen LogP contribution in [0, 0.1) is 0 Å². The molecule has 1 atom stereocenters. The van der Waals surface area contributed by atoms with Crippen LogP contribution in [-0.4, -0.2) is 33.5 Å². The van der Waals surface area contributed by atoms with Gasteiger partial charge in [-0.3, -0.25) is 0 Å². The fourth-order valence-corrected chi connectivity index (χ4v) is 2.21. The van der Waals surface area contributed by atoms with Crippen molar-refractivity contribution >= 4 is 10.8 Å². The molecule has 2 aromatic carbocycles. The molecule has 0 aliphatic rings. The summed E-state index contributed by atoms with van der Waals surface area (Å²) in [5.74, 6) is 0. The van der Waals surface area contributed by atoms with Gasteiger partial charge >= 0.3 is 0 Å². The Morgan fingerprint density at radius 1 is 1.05 bits per heavy atom. The van der Waals surface area contributed by atoms with Crippen molar-refractivity contribution < 1.29 is 9.47 Å². The van der Waals surface area contributed by atoms with Crippen molar-refractivity contribution in [3.05, 3.63) is 48.0 Å². The Labute approximate surface area is 114 Å². The van der Waals surface area contributed by atoms with Gasteiger partial charge in [0, 0.05) is 27.3 Å². The molecule has 19 heavy (non-hydrogen) atoms. The van der Waals surface area contributed by atoms with E-state index in [4.69, 9.17) is 9.47 Å². The summed E-state index contributed by atoms with van der Waals surface area (Å²) >= 11 is 0. The molecule has 0 bridgehead atoms. The van der Waals surface area contributed by atoms with E-state index in [2.05, 4.69) is 47.8 Å². The van der Waals surface area contributed by atoms with Crippen molar-refractivity contribution in [1.82, 2.24) is 5.32 Å². The van der Waals surface area contributed by atoms with Gasteiger partial charge in [-0.2, -0.15) is 0 Å². The second-order valence-corrected chi connectivity index (χ2v) is 4.58. The van der Waals surface area contributed by atoms with Gasteiger partial charge in [-0.05, 0) is 16.3 Å². The SMILES string of the molecule is COCC(CNCc1cccc2ccccc12)OC. The first-order valence-corrected chi connectivity index (χ1v) is 6.54. The van der Waals surface area contributed by atoms with E-state index in [1.807, 2.05) is 0 Å². The van der Waals surface area contributed by atoms with Crippen molar-refractivity contribution in [1.29, 1.82) is 0 Å². The summed E-state index contributed by atoms with van der Waals surface area (Å²) in [6.45, 7) is 2.23. The minimum atomic E-state index is 0.0972. The molecule has 1 unspecified atom stereocenters. The third-order valence-corrected chi connectivity index (χ3v) is 3.25. The number of hydrogen-bond acceptors (Lipinski definition) is 3. The van der Waals surface area contributed by atoms with Gasteiger partial charge < -0.3 is 14.8 Å². The van der Waals surface area contributed by atoms with Gasteiger partial charge in [0.1, 0.15) is 0 Å². The van der Waals surface area contributed by atoms with Gasteiger partial charge in [0.15, 0.2) is 0 Å². The predicted molar refractivity (Wildman–Crippen MR) is 78.3 cm³/mol. The summed E-state index contributed by atoms with van der Waals surface area (Å²) in [6.07, 6.45) is 0.0972. The normalized spacial score (nSPS) is 12.7. The predicted octanol–water partition coefficient (Wildman–Crippen LogP) is 2.59. The lowest BCUT2D eigenvalue weighted by Crippen LogP contribution is -2.31. The number of ether oxygens (including phenoxy) is 2. The van der Waals surface area contributed by atoms with Crippen molar-refractivity contribution in [2.75, 3.05) is 27.4 Å². The van der Waals surface area contributed by atoms with Gasteiger partial charge in [-0.15, -0.1) is 0 Å². The second-order valence-electron chi connectivity index (χ2n) is 4.58. The first-order valence-electron chi connectivity index (χ1n) is 6.54. The second kappa shape index (κ2) is 7.24. The van der Waals surface area contributed by atoms with E-state index in [0.717, 1.165) is 13.1 Å². The molecule has 0 aliphatic heterocycles. The topological polar surface area (TPSA) is 30.5 Å². The number of nitrogens with one attached hydrogen (secondary N) is 1. The minimum absolute atomic E-state index is 0.0972. The first-order chi connectivity index (χ1) is 9.35. The van der Waals surface area contributed by atoms with E-state index in [-0.39, 0.29) is 6.10 Å². The van der Waals surface area contributed by atoms with E-state index in [0.29, 0.717) is 6.61 Å². The summed E-state index contributed by atoms with van der Waals surface area (Å²) in [5, 5.41) is 6.01. The van der Waals surface area contributed by atoms with E-state index in [9.17, 15) is 0 Å². The fourth-order valence-electron chi connectivity index (χ4n) is 2.21. The molecule has 0 saturated carbocycles. The van der Waals surface area contributed by atoms with Crippen LogP contribution in [0.1, 0.15) is 5.56 Å². The van der Waals surface area contributed by atoms with Gasteiger partial charge in [-0.25, -0.2) is 0 Å². The smallest absolute Gasteiger partial charge is 0.0928 e. The van der Waals surface area contributed by atoms with Crippen LogP contribution < -0.4 is 5.32 Å². The zero-order chi connectivity index (χ0) is 13.5. The number of methoxy groups -OCH3 is 2. The zero-order valence-corrected chi connectivity index (χ0v) is 11.6. The van der Waals surface area contributed by atoms with Crippen LogP contribution in [0.3, 0.4) is 0 Å². The van der Waals surface area contributed by atoms with Crippen molar-refractivity contribution in [2.24, 2.45) is 0 Å².